The Bertz CT molecular complexity index is 580. The minimum atomic E-state index is -0.338. The molecule has 106 valence electrons. The highest BCUT2D eigenvalue weighted by atomic mass is 19.1. The molecule has 0 fully saturated rings. The number of halogens is 1. The predicted molar refractivity (Wildman–Crippen MR) is 79.2 cm³/mol. The van der Waals surface area contributed by atoms with Crippen LogP contribution >= 0.6 is 0 Å². The molecular weight excluding hydrogens is 253 g/mol. The number of hydrogen-bond donors (Lipinski definition) is 2. The van der Waals surface area contributed by atoms with Crippen LogP contribution in [0.25, 0.3) is 0 Å². The first kappa shape index (κ1) is 14.5. The second kappa shape index (κ2) is 6.06. The van der Waals surface area contributed by atoms with Gasteiger partial charge >= 0.3 is 0 Å². The number of aryl methyl sites for hydroxylation is 1. The van der Waals surface area contributed by atoms with Crippen molar-refractivity contribution in [2.24, 2.45) is 0 Å². The van der Waals surface area contributed by atoms with Gasteiger partial charge in [0.15, 0.2) is 0 Å². The summed E-state index contributed by atoms with van der Waals surface area (Å²) in [6.07, 6.45) is 0. The van der Waals surface area contributed by atoms with Crippen molar-refractivity contribution in [3.05, 3.63) is 65.0 Å². The number of aromatic hydroxyl groups is 1. The van der Waals surface area contributed by atoms with E-state index < -0.39 is 0 Å². The highest BCUT2D eigenvalue weighted by molar-refractivity contribution is 5.35. The van der Waals surface area contributed by atoms with Crippen molar-refractivity contribution in [2.75, 3.05) is 0 Å². The fourth-order valence-electron chi connectivity index (χ4n) is 2.29. The van der Waals surface area contributed by atoms with Gasteiger partial charge in [0.2, 0.25) is 0 Å². The third-order valence-electron chi connectivity index (χ3n) is 3.53. The van der Waals surface area contributed by atoms with Gasteiger partial charge in [0.05, 0.1) is 0 Å². The molecule has 2 atom stereocenters. The number of nitrogens with one attached hydrogen (secondary N) is 1. The van der Waals surface area contributed by atoms with Crippen molar-refractivity contribution < 1.29 is 9.50 Å². The Morgan fingerprint density at radius 1 is 1.00 bits per heavy atom. The highest BCUT2D eigenvalue weighted by Gasteiger charge is 2.14. The molecule has 0 aliphatic carbocycles. The van der Waals surface area contributed by atoms with Gasteiger partial charge < -0.3 is 10.4 Å². The van der Waals surface area contributed by atoms with Gasteiger partial charge in [0, 0.05) is 17.6 Å². The van der Waals surface area contributed by atoms with Crippen molar-refractivity contribution in [1.82, 2.24) is 5.32 Å². The lowest BCUT2D eigenvalue weighted by molar-refractivity contribution is 0.435. The van der Waals surface area contributed by atoms with Crippen LogP contribution in [-0.4, -0.2) is 5.11 Å². The first-order valence-corrected chi connectivity index (χ1v) is 6.78. The number of rotatable bonds is 4. The van der Waals surface area contributed by atoms with E-state index in [0.29, 0.717) is 5.56 Å². The monoisotopic (exact) mass is 273 g/mol. The van der Waals surface area contributed by atoms with E-state index in [-0.39, 0.29) is 23.7 Å². The molecule has 0 radical (unpaired) electrons. The van der Waals surface area contributed by atoms with E-state index in [9.17, 15) is 9.50 Å². The van der Waals surface area contributed by atoms with Crippen molar-refractivity contribution in [1.29, 1.82) is 0 Å². The van der Waals surface area contributed by atoms with Crippen molar-refractivity contribution in [2.45, 2.75) is 32.9 Å². The molecule has 1 unspecified atom stereocenters. The lowest BCUT2D eigenvalue weighted by atomic mass is 10.0. The maximum atomic E-state index is 13.3. The van der Waals surface area contributed by atoms with Crippen LogP contribution in [-0.2, 0) is 0 Å². The quantitative estimate of drug-likeness (QED) is 0.872. The van der Waals surface area contributed by atoms with Crippen molar-refractivity contribution >= 4 is 0 Å². The van der Waals surface area contributed by atoms with Gasteiger partial charge in [-0.3, -0.25) is 0 Å². The molecule has 0 spiro atoms. The molecule has 2 nitrogen and oxygen atoms in total. The van der Waals surface area contributed by atoms with Crippen LogP contribution in [0.5, 0.6) is 5.75 Å². The minimum Gasteiger partial charge on any atom is -0.508 e. The van der Waals surface area contributed by atoms with Gasteiger partial charge in [-0.15, -0.1) is 0 Å². The van der Waals surface area contributed by atoms with Gasteiger partial charge in [0.25, 0.3) is 0 Å². The average molecular weight is 273 g/mol. The molecule has 0 saturated heterocycles. The maximum Gasteiger partial charge on any atom is 0.123 e. The fraction of sp³-hybridized carbons (Fsp3) is 0.294. The van der Waals surface area contributed by atoms with Crippen LogP contribution in [0, 0.1) is 12.7 Å². The number of hydrogen-bond acceptors (Lipinski definition) is 2. The molecule has 2 aromatic carbocycles. The number of phenols is 1. The number of benzene rings is 2. The normalized spacial score (nSPS) is 14.0. The second-order valence-electron chi connectivity index (χ2n) is 5.22. The third kappa shape index (κ3) is 3.36. The summed E-state index contributed by atoms with van der Waals surface area (Å²) >= 11 is 0. The molecule has 0 amide bonds. The summed E-state index contributed by atoms with van der Waals surface area (Å²) in [5, 5.41) is 13.2. The van der Waals surface area contributed by atoms with Crippen molar-refractivity contribution in [3.8, 4) is 5.75 Å². The van der Waals surface area contributed by atoms with Crippen molar-refractivity contribution in [3.63, 3.8) is 0 Å². The maximum absolute atomic E-state index is 13.3. The highest BCUT2D eigenvalue weighted by Crippen LogP contribution is 2.27. The Labute approximate surface area is 119 Å². The van der Waals surface area contributed by atoms with E-state index in [4.69, 9.17) is 0 Å². The molecule has 2 rings (SSSR count). The molecule has 0 bridgehead atoms. The van der Waals surface area contributed by atoms with Gasteiger partial charge in [-0.05, 0) is 44.5 Å². The Balaban J connectivity index is 2.12. The van der Waals surface area contributed by atoms with E-state index in [1.54, 1.807) is 0 Å². The van der Waals surface area contributed by atoms with Crippen LogP contribution in [0.3, 0.4) is 0 Å². The lowest BCUT2D eigenvalue weighted by Crippen LogP contribution is -2.22. The van der Waals surface area contributed by atoms with E-state index in [1.165, 1.54) is 29.3 Å². The zero-order valence-corrected chi connectivity index (χ0v) is 12.0. The van der Waals surface area contributed by atoms with Gasteiger partial charge in [-0.1, -0.05) is 29.8 Å². The smallest absolute Gasteiger partial charge is 0.123 e. The molecule has 0 aliphatic rings. The molecule has 2 aromatic rings. The van der Waals surface area contributed by atoms with E-state index >= 15 is 0 Å². The molecular formula is C17H20FNO. The first-order chi connectivity index (χ1) is 9.47. The van der Waals surface area contributed by atoms with Crippen LogP contribution in [0.4, 0.5) is 4.39 Å². The Morgan fingerprint density at radius 2 is 1.65 bits per heavy atom. The summed E-state index contributed by atoms with van der Waals surface area (Å²) in [6.45, 7) is 6.02. The van der Waals surface area contributed by atoms with Crippen LogP contribution in [0.1, 0.15) is 42.6 Å². The summed E-state index contributed by atoms with van der Waals surface area (Å²) in [7, 11) is 0. The molecule has 0 aliphatic heterocycles. The van der Waals surface area contributed by atoms with E-state index in [1.807, 2.05) is 6.92 Å². The van der Waals surface area contributed by atoms with Gasteiger partial charge in [-0.2, -0.15) is 0 Å². The third-order valence-corrected chi connectivity index (χ3v) is 3.53. The van der Waals surface area contributed by atoms with Crippen LogP contribution < -0.4 is 5.32 Å². The Morgan fingerprint density at radius 3 is 2.30 bits per heavy atom. The summed E-state index contributed by atoms with van der Waals surface area (Å²) in [6, 6.07) is 12.3. The molecule has 20 heavy (non-hydrogen) atoms. The molecule has 2 N–H and O–H groups in total. The average Bonchev–Trinajstić information content (AvgIpc) is 2.42. The Kier molecular flexibility index (Phi) is 4.40. The van der Waals surface area contributed by atoms with E-state index in [0.717, 1.165) is 0 Å². The van der Waals surface area contributed by atoms with Gasteiger partial charge in [-0.25, -0.2) is 4.39 Å². The number of phenolic OH excluding ortho intramolecular Hbond substituents is 1. The predicted octanol–water partition coefficient (Wildman–Crippen LogP) is 4.25. The SMILES string of the molecule is Cc1ccc([C@H](C)NC(C)c2cc(F)ccc2O)cc1. The van der Waals surface area contributed by atoms with E-state index in [2.05, 4.69) is 43.4 Å². The topological polar surface area (TPSA) is 32.3 Å². The summed E-state index contributed by atoms with van der Waals surface area (Å²) < 4.78 is 13.3. The largest absolute Gasteiger partial charge is 0.508 e. The Hall–Kier alpha value is -1.87. The zero-order valence-electron chi connectivity index (χ0n) is 12.0. The zero-order chi connectivity index (χ0) is 14.7. The molecule has 0 saturated carbocycles. The van der Waals surface area contributed by atoms with Crippen LogP contribution in [0.2, 0.25) is 0 Å². The minimum absolute atomic E-state index is 0.113. The summed E-state index contributed by atoms with van der Waals surface area (Å²) in [5.74, 6) is -0.225. The summed E-state index contributed by atoms with van der Waals surface area (Å²) in [4.78, 5) is 0. The standard InChI is InChI=1S/C17H20FNO/c1-11-4-6-14(7-5-11)12(2)19-13(3)16-10-15(18)8-9-17(16)20/h4-10,12-13,19-20H,1-3H3/t12-,13?/m0/s1. The van der Waals surface area contributed by atoms with Crippen LogP contribution in [0.15, 0.2) is 42.5 Å². The summed E-state index contributed by atoms with van der Waals surface area (Å²) in [5.41, 5.74) is 2.96. The lowest BCUT2D eigenvalue weighted by Gasteiger charge is -2.21. The first-order valence-electron chi connectivity index (χ1n) is 6.78. The molecule has 0 aromatic heterocycles. The van der Waals surface area contributed by atoms with Gasteiger partial charge in [0.1, 0.15) is 11.6 Å². The second-order valence-corrected chi connectivity index (χ2v) is 5.22. The molecule has 3 heteroatoms. The molecule has 0 heterocycles. The fourth-order valence-corrected chi connectivity index (χ4v) is 2.29.